The molecular formula is C14H10ClN3O2S. The first-order valence-electron chi connectivity index (χ1n) is 6.10. The molecule has 0 saturated heterocycles. The zero-order valence-electron chi connectivity index (χ0n) is 10.7. The van der Waals surface area contributed by atoms with Crippen LogP contribution in [0.5, 0.6) is 0 Å². The molecule has 0 fully saturated rings. The topological polar surface area (TPSA) is 68.0 Å². The average molecular weight is 320 g/mol. The molecule has 106 valence electrons. The van der Waals surface area contributed by atoms with Crippen molar-refractivity contribution in [3.63, 3.8) is 0 Å². The number of nitrogens with zero attached hydrogens (tertiary/aromatic N) is 2. The van der Waals surface area contributed by atoms with Gasteiger partial charge in [0, 0.05) is 11.6 Å². The number of nitrogens with one attached hydrogen (secondary N) is 1. The molecular weight excluding hydrogens is 310 g/mol. The monoisotopic (exact) mass is 319 g/mol. The Hall–Kier alpha value is -2.18. The van der Waals surface area contributed by atoms with E-state index >= 15 is 0 Å². The lowest BCUT2D eigenvalue weighted by atomic mass is 10.3. The molecule has 3 aromatic heterocycles. The molecule has 7 heteroatoms. The molecule has 0 bridgehead atoms. The highest BCUT2D eigenvalue weighted by molar-refractivity contribution is 7.13. The number of hydrogen-bond acceptors (Lipinski definition) is 5. The number of carbonyl (C=O) groups is 1. The number of thiazole rings is 1. The van der Waals surface area contributed by atoms with Gasteiger partial charge in [0.25, 0.3) is 0 Å². The Balaban J connectivity index is 1.64. The third-order valence-corrected chi connectivity index (χ3v) is 3.75. The molecule has 1 amide bonds. The highest BCUT2D eigenvalue weighted by Gasteiger charge is 2.11. The number of hydrogen-bond donors (Lipinski definition) is 1. The van der Waals surface area contributed by atoms with Gasteiger partial charge in [-0.25, -0.2) is 9.97 Å². The lowest BCUT2D eigenvalue weighted by Crippen LogP contribution is -2.15. The zero-order valence-corrected chi connectivity index (χ0v) is 12.3. The van der Waals surface area contributed by atoms with Gasteiger partial charge in [-0.3, -0.25) is 4.79 Å². The van der Waals surface area contributed by atoms with E-state index in [9.17, 15) is 4.79 Å². The first kappa shape index (κ1) is 13.8. The predicted molar refractivity (Wildman–Crippen MR) is 81.4 cm³/mol. The molecule has 0 saturated carbocycles. The molecule has 0 atom stereocenters. The molecule has 0 aliphatic heterocycles. The molecule has 3 heterocycles. The summed E-state index contributed by atoms with van der Waals surface area (Å²) in [5, 5.41) is 5.81. The van der Waals surface area contributed by atoms with Crippen LogP contribution in [-0.4, -0.2) is 15.9 Å². The van der Waals surface area contributed by atoms with Gasteiger partial charge in [0.15, 0.2) is 10.8 Å². The van der Waals surface area contributed by atoms with Crippen molar-refractivity contribution < 1.29 is 9.21 Å². The Morgan fingerprint density at radius 1 is 1.38 bits per heavy atom. The summed E-state index contributed by atoms with van der Waals surface area (Å²) in [7, 11) is 0. The number of halogens is 1. The predicted octanol–water partition coefficient (Wildman–Crippen LogP) is 3.63. The van der Waals surface area contributed by atoms with Gasteiger partial charge >= 0.3 is 0 Å². The van der Waals surface area contributed by atoms with Crippen LogP contribution in [0.4, 0.5) is 5.82 Å². The maximum Gasteiger partial charge on any atom is 0.231 e. The maximum absolute atomic E-state index is 11.9. The van der Waals surface area contributed by atoms with Crippen molar-refractivity contribution in [1.29, 1.82) is 0 Å². The standard InChI is InChI=1S/C14H10ClN3O2S/c15-9-3-4-12(16-7-9)18-13(19)6-10-8-21-14(17-10)11-2-1-5-20-11/h1-5,7-8H,6H2,(H,16,18,19). The first-order chi connectivity index (χ1) is 10.2. The van der Waals surface area contributed by atoms with Crippen molar-refractivity contribution in [2.45, 2.75) is 6.42 Å². The van der Waals surface area contributed by atoms with Gasteiger partial charge in [-0.15, -0.1) is 11.3 Å². The second-order valence-corrected chi connectivity index (χ2v) is 5.50. The number of furan rings is 1. The molecule has 1 N–H and O–H groups in total. The summed E-state index contributed by atoms with van der Waals surface area (Å²) in [6, 6.07) is 6.95. The fourth-order valence-corrected chi connectivity index (χ4v) is 2.60. The third-order valence-electron chi connectivity index (χ3n) is 2.62. The van der Waals surface area contributed by atoms with Crippen molar-refractivity contribution in [2.75, 3.05) is 5.32 Å². The largest absolute Gasteiger partial charge is 0.462 e. The first-order valence-corrected chi connectivity index (χ1v) is 7.36. The van der Waals surface area contributed by atoms with Gasteiger partial charge in [-0.2, -0.15) is 0 Å². The number of anilines is 1. The lowest BCUT2D eigenvalue weighted by molar-refractivity contribution is -0.115. The molecule has 0 aliphatic carbocycles. The molecule has 0 radical (unpaired) electrons. The lowest BCUT2D eigenvalue weighted by Gasteiger charge is -2.02. The van der Waals surface area contributed by atoms with E-state index in [-0.39, 0.29) is 12.3 Å². The fraction of sp³-hybridized carbons (Fsp3) is 0.0714. The fourth-order valence-electron chi connectivity index (χ4n) is 1.70. The van der Waals surface area contributed by atoms with Crippen LogP contribution >= 0.6 is 22.9 Å². The second-order valence-electron chi connectivity index (χ2n) is 4.21. The van der Waals surface area contributed by atoms with E-state index in [2.05, 4.69) is 15.3 Å². The summed E-state index contributed by atoms with van der Waals surface area (Å²) in [6.07, 6.45) is 3.26. The van der Waals surface area contributed by atoms with E-state index in [0.717, 1.165) is 5.01 Å². The molecule has 0 aliphatic rings. The minimum absolute atomic E-state index is 0.180. The van der Waals surface area contributed by atoms with Crippen LogP contribution in [0, 0.1) is 0 Å². The summed E-state index contributed by atoms with van der Waals surface area (Å²) in [5.74, 6) is 0.984. The third kappa shape index (κ3) is 3.48. The van der Waals surface area contributed by atoms with Gasteiger partial charge in [0.05, 0.1) is 23.4 Å². The van der Waals surface area contributed by atoms with Crippen LogP contribution in [0.25, 0.3) is 10.8 Å². The van der Waals surface area contributed by atoms with E-state index in [1.54, 1.807) is 24.5 Å². The number of carbonyl (C=O) groups excluding carboxylic acids is 1. The summed E-state index contributed by atoms with van der Waals surface area (Å²) in [4.78, 5) is 20.3. The summed E-state index contributed by atoms with van der Waals surface area (Å²) < 4.78 is 5.27. The van der Waals surface area contributed by atoms with Crippen molar-refractivity contribution >= 4 is 34.7 Å². The van der Waals surface area contributed by atoms with E-state index in [1.165, 1.54) is 17.5 Å². The number of aromatic nitrogens is 2. The Bertz CT molecular complexity index is 738. The van der Waals surface area contributed by atoms with E-state index in [0.29, 0.717) is 22.3 Å². The van der Waals surface area contributed by atoms with Gasteiger partial charge in [-0.05, 0) is 24.3 Å². The second kappa shape index (κ2) is 6.07. The normalized spacial score (nSPS) is 10.5. The van der Waals surface area contributed by atoms with Crippen LogP contribution in [0.3, 0.4) is 0 Å². The Morgan fingerprint density at radius 3 is 3.00 bits per heavy atom. The number of amides is 1. The van der Waals surface area contributed by atoms with E-state index in [4.69, 9.17) is 16.0 Å². The maximum atomic E-state index is 11.9. The van der Waals surface area contributed by atoms with Crippen molar-refractivity contribution in [1.82, 2.24) is 9.97 Å². The van der Waals surface area contributed by atoms with Gasteiger partial charge in [0.2, 0.25) is 5.91 Å². The summed E-state index contributed by atoms with van der Waals surface area (Å²) >= 11 is 7.18. The summed E-state index contributed by atoms with van der Waals surface area (Å²) in [5.41, 5.74) is 0.692. The van der Waals surface area contributed by atoms with Crippen LogP contribution < -0.4 is 5.32 Å². The van der Waals surface area contributed by atoms with Crippen molar-refractivity contribution in [3.05, 3.63) is 52.8 Å². The average Bonchev–Trinajstić information content (AvgIpc) is 3.12. The number of rotatable bonds is 4. The molecule has 0 spiro atoms. The SMILES string of the molecule is O=C(Cc1csc(-c2ccco2)n1)Nc1ccc(Cl)cn1. The Labute approximate surface area is 129 Å². The zero-order chi connectivity index (χ0) is 14.7. The Kier molecular flexibility index (Phi) is 3.98. The molecule has 3 aromatic rings. The smallest absolute Gasteiger partial charge is 0.231 e. The minimum atomic E-state index is -0.180. The van der Waals surface area contributed by atoms with Gasteiger partial charge in [-0.1, -0.05) is 11.6 Å². The highest BCUT2D eigenvalue weighted by Crippen LogP contribution is 2.24. The Morgan fingerprint density at radius 2 is 2.29 bits per heavy atom. The molecule has 0 aromatic carbocycles. The number of pyridine rings is 1. The van der Waals surface area contributed by atoms with Crippen LogP contribution in [-0.2, 0) is 11.2 Å². The van der Waals surface area contributed by atoms with Crippen LogP contribution in [0.1, 0.15) is 5.69 Å². The van der Waals surface area contributed by atoms with E-state index < -0.39 is 0 Å². The molecule has 0 unspecified atom stereocenters. The van der Waals surface area contributed by atoms with Gasteiger partial charge in [0.1, 0.15) is 5.82 Å². The summed E-state index contributed by atoms with van der Waals surface area (Å²) in [6.45, 7) is 0. The van der Waals surface area contributed by atoms with Crippen LogP contribution in [0.15, 0.2) is 46.5 Å². The van der Waals surface area contributed by atoms with Crippen LogP contribution in [0.2, 0.25) is 5.02 Å². The van der Waals surface area contributed by atoms with Crippen molar-refractivity contribution in [3.8, 4) is 10.8 Å². The van der Waals surface area contributed by atoms with E-state index in [1.807, 2.05) is 11.4 Å². The quantitative estimate of drug-likeness (QED) is 0.797. The molecule has 21 heavy (non-hydrogen) atoms. The highest BCUT2D eigenvalue weighted by atomic mass is 35.5. The van der Waals surface area contributed by atoms with Crippen molar-refractivity contribution in [2.24, 2.45) is 0 Å². The molecule has 5 nitrogen and oxygen atoms in total. The molecule has 3 rings (SSSR count). The van der Waals surface area contributed by atoms with Gasteiger partial charge < -0.3 is 9.73 Å². The minimum Gasteiger partial charge on any atom is -0.462 e.